The first-order chi connectivity index (χ1) is 17.0. The highest BCUT2D eigenvalue weighted by Crippen LogP contribution is 2.33. The van der Waals surface area contributed by atoms with Crippen LogP contribution in [0, 0.1) is 5.82 Å². The van der Waals surface area contributed by atoms with Crippen LogP contribution in [0.4, 0.5) is 15.8 Å². The van der Waals surface area contributed by atoms with E-state index in [1.165, 1.54) is 13.2 Å². The molecule has 0 atom stereocenters. The molecule has 3 aromatic rings. The molecule has 1 saturated heterocycles. The summed E-state index contributed by atoms with van der Waals surface area (Å²) in [6.45, 7) is 1.59. The lowest BCUT2D eigenvalue weighted by Gasteiger charge is -2.22. The normalized spacial score (nSPS) is 14.9. The SMILES string of the molecule is COc1ccc(CN2C(=O)c3ccccc3C2=O)cc1C(=O)Nc1c(F)cccc1N1CCCC1. The van der Waals surface area contributed by atoms with Crippen molar-refractivity contribution in [3.05, 3.63) is 88.7 Å². The first-order valence-electron chi connectivity index (χ1n) is 11.4. The molecule has 0 spiro atoms. The van der Waals surface area contributed by atoms with Crippen molar-refractivity contribution in [3.8, 4) is 5.75 Å². The van der Waals surface area contributed by atoms with Crippen molar-refractivity contribution in [2.45, 2.75) is 19.4 Å². The van der Waals surface area contributed by atoms with E-state index in [4.69, 9.17) is 4.74 Å². The van der Waals surface area contributed by atoms with E-state index >= 15 is 0 Å². The number of methoxy groups -OCH3 is 1. The Hall–Kier alpha value is -4.20. The third kappa shape index (κ3) is 4.12. The molecule has 0 bridgehead atoms. The van der Waals surface area contributed by atoms with Crippen molar-refractivity contribution >= 4 is 29.1 Å². The second kappa shape index (κ2) is 9.21. The number of anilines is 2. The summed E-state index contributed by atoms with van der Waals surface area (Å²) in [4.78, 5) is 42.0. The molecule has 5 rings (SSSR count). The molecule has 2 aliphatic heterocycles. The van der Waals surface area contributed by atoms with E-state index in [1.807, 2.05) is 0 Å². The lowest BCUT2D eigenvalue weighted by molar-refractivity contribution is 0.0642. The molecule has 0 unspecified atom stereocenters. The van der Waals surface area contributed by atoms with Gasteiger partial charge in [0, 0.05) is 13.1 Å². The largest absolute Gasteiger partial charge is 0.496 e. The van der Waals surface area contributed by atoms with Crippen LogP contribution >= 0.6 is 0 Å². The number of ether oxygens (including phenoxy) is 1. The number of carbonyl (C=O) groups is 3. The maximum atomic E-state index is 14.8. The molecule has 1 N–H and O–H groups in total. The minimum atomic E-state index is -0.545. The summed E-state index contributed by atoms with van der Waals surface area (Å²) >= 11 is 0. The Bertz CT molecular complexity index is 1300. The molecule has 0 radical (unpaired) electrons. The number of nitrogens with one attached hydrogen (secondary N) is 1. The molecule has 8 heteroatoms. The summed E-state index contributed by atoms with van der Waals surface area (Å²) in [5, 5.41) is 2.72. The number of benzene rings is 3. The molecule has 1 fully saturated rings. The molecule has 3 aromatic carbocycles. The highest BCUT2D eigenvalue weighted by Gasteiger charge is 2.35. The van der Waals surface area contributed by atoms with Crippen molar-refractivity contribution in [2.24, 2.45) is 0 Å². The zero-order chi connectivity index (χ0) is 24.5. The Morgan fingerprint density at radius 2 is 1.66 bits per heavy atom. The van der Waals surface area contributed by atoms with E-state index in [0.717, 1.165) is 30.8 Å². The quantitative estimate of drug-likeness (QED) is 0.534. The van der Waals surface area contributed by atoms with E-state index < -0.39 is 11.7 Å². The number of amides is 3. The van der Waals surface area contributed by atoms with Gasteiger partial charge in [-0.2, -0.15) is 0 Å². The van der Waals surface area contributed by atoms with Crippen LogP contribution in [0.1, 0.15) is 49.5 Å². The molecule has 178 valence electrons. The van der Waals surface area contributed by atoms with Gasteiger partial charge in [0.15, 0.2) is 0 Å². The number of hydrogen-bond donors (Lipinski definition) is 1. The first-order valence-corrected chi connectivity index (χ1v) is 11.4. The number of halogens is 1. The average molecular weight is 474 g/mol. The summed E-state index contributed by atoms with van der Waals surface area (Å²) in [6, 6.07) is 16.2. The topological polar surface area (TPSA) is 78.9 Å². The van der Waals surface area contributed by atoms with Gasteiger partial charge in [0.25, 0.3) is 17.7 Å². The van der Waals surface area contributed by atoms with Gasteiger partial charge in [-0.3, -0.25) is 19.3 Å². The number of carbonyl (C=O) groups excluding carboxylic acids is 3. The van der Waals surface area contributed by atoms with Gasteiger partial charge in [0.1, 0.15) is 17.3 Å². The minimum absolute atomic E-state index is 0.00462. The third-order valence-corrected chi connectivity index (χ3v) is 6.40. The molecular formula is C27H24FN3O4. The van der Waals surface area contributed by atoms with Crippen molar-refractivity contribution in [2.75, 3.05) is 30.4 Å². The highest BCUT2D eigenvalue weighted by atomic mass is 19.1. The number of para-hydroxylation sites is 1. The molecule has 0 aliphatic carbocycles. The van der Waals surface area contributed by atoms with Gasteiger partial charge >= 0.3 is 0 Å². The standard InChI is InChI=1S/C27H24FN3O4/c1-35-23-12-11-17(16-31-26(33)18-7-2-3-8-19(18)27(31)34)15-20(23)25(32)29-24-21(28)9-6-10-22(24)30-13-4-5-14-30/h2-3,6-12,15H,4-5,13-14,16H2,1H3,(H,29,32). The smallest absolute Gasteiger partial charge is 0.261 e. The average Bonchev–Trinajstić information content (AvgIpc) is 3.49. The van der Waals surface area contributed by atoms with Crippen LogP contribution in [0.25, 0.3) is 0 Å². The molecule has 2 heterocycles. The van der Waals surface area contributed by atoms with Crippen LogP contribution in [0.5, 0.6) is 5.75 Å². The number of imide groups is 1. The first kappa shape index (κ1) is 22.6. The van der Waals surface area contributed by atoms with Crippen LogP contribution in [-0.4, -0.2) is 42.8 Å². The Balaban J connectivity index is 1.42. The fraction of sp³-hybridized carbons (Fsp3) is 0.222. The van der Waals surface area contributed by atoms with Gasteiger partial charge in [0.05, 0.1) is 36.0 Å². The molecule has 7 nitrogen and oxygen atoms in total. The van der Waals surface area contributed by atoms with Crippen LogP contribution < -0.4 is 15.0 Å². The molecule has 0 aromatic heterocycles. The molecule has 0 saturated carbocycles. The van der Waals surface area contributed by atoms with Gasteiger partial charge in [-0.25, -0.2) is 4.39 Å². The Morgan fingerprint density at radius 1 is 0.971 bits per heavy atom. The van der Waals surface area contributed by atoms with E-state index in [-0.39, 0.29) is 29.6 Å². The van der Waals surface area contributed by atoms with Crippen molar-refractivity contribution in [1.29, 1.82) is 0 Å². The second-order valence-electron chi connectivity index (χ2n) is 8.56. The summed E-state index contributed by atoms with van der Waals surface area (Å²) in [5.74, 6) is -1.53. The maximum Gasteiger partial charge on any atom is 0.261 e. The number of rotatable bonds is 6. The minimum Gasteiger partial charge on any atom is -0.496 e. The zero-order valence-corrected chi connectivity index (χ0v) is 19.2. The third-order valence-electron chi connectivity index (χ3n) is 6.40. The fourth-order valence-electron chi connectivity index (χ4n) is 4.64. The van der Waals surface area contributed by atoms with Gasteiger partial charge in [-0.15, -0.1) is 0 Å². The van der Waals surface area contributed by atoms with Crippen molar-refractivity contribution < 1.29 is 23.5 Å². The van der Waals surface area contributed by atoms with Gasteiger partial charge in [0.2, 0.25) is 0 Å². The Kier molecular flexibility index (Phi) is 5.94. The van der Waals surface area contributed by atoms with Crippen LogP contribution in [0.15, 0.2) is 60.7 Å². The van der Waals surface area contributed by atoms with E-state index in [9.17, 15) is 18.8 Å². The van der Waals surface area contributed by atoms with E-state index in [0.29, 0.717) is 28.1 Å². The maximum absolute atomic E-state index is 14.8. The molecule has 3 amide bonds. The Morgan fingerprint density at radius 3 is 2.31 bits per heavy atom. The van der Waals surface area contributed by atoms with E-state index in [2.05, 4.69) is 10.2 Å². The summed E-state index contributed by atoms with van der Waals surface area (Å²) in [6.07, 6.45) is 2.02. The fourth-order valence-corrected chi connectivity index (χ4v) is 4.64. The van der Waals surface area contributed by atoms with Gasteiger partial charge in [-0.1, -0.05) is 24.3 Å². The molecular weight excluding hydrogens is 449 g/mol. The number of fused-ring (bicyclic) bond motifs is 1. The number of hydrogen-bond acceptors (Lipinski definition) is 5. The number of nitrogens with zero attached hydrogens (tertiary/aromatic N) is 2. The molecule has 2 aliphatic rings. The van der Waals surface area contributed by atoms with Crippen LogP contribution in [0.3, 0.4) is 0 Å². The van der Waals surface area contributed by atoms with Crippen molar-refractivity contribution in [1.82, 2.24) is 4.90 Å². The van der Waals surface area contributed by atoms with Crippen molar-refractivity contribution in [3.63, 3.8) is 0 Å². The summed E-state index contributed by atoms with van der Waals surface area (Å²) in [7, 11) is 1.44. The highest BCUT2D eigenvalue weighted by molar-refractivity contribution is 6.21. The summed E-state index contributed by atoms with van der Waals surface area (Å²) in [5.41, 5.74) is 2.22. The Labute approximate surface area is 202 Å². The van der Waals surface area contributed by atoms with Crippen LogP contribution in [0.2, 0.25) is 0 Å². The zero-order valence-electron chi connectivity index (χ0n) is 19.2. The lowest BCUT2D eigenvalue weighted by atomic mass is 10.1. The van der Waals surface area contributed by atoms with Crippen LogP contribution in [-0.2, 0) is 6.54 Å². The lowest BCUT2D eigenvalue weighted by Crippen LogP contribution is -2.29. The predicted molar refractivity (Wildman–Crippen MR) is 129 cm³/mol. The second-order valence-corrected chi connectivity index (χ2v) is 8.56. The molecule has 35 heavy (non-hydrogen) atoms. The van der Waals surface area contributed by atoms with Gasteiger partial charge in [-0.05, 0) is 54.8 Å². The van der Waals surface area contributed by atoms with Gasteiger partial charge < -0.3 is 15.0 Å². The monoisotopic (exact) mass is 473 g/mol. The predicted octanol–water partition coefficient (Wildman–Crippen LogP) is 4.48. The summed E-state index contributed by atoms with van der Waals surface area (Å²) < 4.78 is 20.1. The van der Waals surface area contributed by atoms with E-state index in [1.54, 1.807) is 54.6 Å².